The number of anilines is 1. The summed E-state index contributed by atoms with van der Waals surface area (Å²) < 4.78 is 44.3. The zero-order chi connectivity index (χ0) is 26.2. The van der Waals surface area contributed by atoms with Gasteiger partial charge in [0.1, 0.15) is 5.82 Å². The maximum absolute atomic E-state index is 13.4. The molecule has 2 aromatic rings. The number of aryl methyl sites for hydroxylation is 1. The highest BCUT2D eigenvalue weighted by atomic mass is 35.5. The van der Waals surface area contributed by atoms with E-state index in [9.17, 15) is 23.1 Å². The van der Waals surface area contributed by atoms with E-state index in [0.717, 1.165) is 17.1 Å². The smallest absolute Gasteiger partial charge is 0.389 e. The van der Waals surface area contributed by atoms with Crippen LogP contribution in [-0.4, -0.2) is 88.3 Å². The number of aromatic nitrogens is 3. The van der Waals surface area contributed by atoms with Crippen molar-refractivity contribution in [3.63, 3.8) is 0 Å². The number of β-amino-alcohol motifs (C(OH)–C–C–N with tert-alkyl or cyclic N) is 1. The van der Waals surface area contributed by atoms with E-state index in [1.165, 1.54) is 12.4 Å². The molecule has 9 nitrogen and oxygen atoms in total. The first kappa shape index (κ1) is 26.1. The number of nitrogens with one attached hydrogen (secondary N) is 1. The molecule has 4 heterocycles. The molecule has 2 fully saturated rings. The third-order valence-corrected chi connectivity index (χ3v) is 7.55. The molecule has 5 rings (SSSR count). The summed E-state index contributed by atoms with van der Waals surface area (Å²) in [7, 11) is 0. The molecule has 2 aromatic heterocycles. The summed E-state index contributed by atoms with van der Waals surface area (Å²) >= 11 is 6.62. The fourth-order valence-corrected chi connectivity index (χ4v) is 5.41. The van der Waals surface area contributed by atoms with E-state index >= 15 is 0 Å². The fraction of sp³-hybridized carbons (Fsp3) is 0.583. The van der Waals surface area contributed by atoms with E-state index in [1.54, 1.807) is 0 Å². The van der Waals surface area contributed by atoms with Gasteiger partial charge in [0.05, 0.1) is 31.3 Å². The first-order chi connectivity index (χ1) is 17.7. The molecule has 2 N–H and O–H groups in total. The minimum atomic E-state index is -4.63. The number of aliphatic hydroxyl groups is 1. The van der Waals surface area contributed by atoms with Crippen LogP contribution in [-0.2, 0) is 22.1 Å². The minimum Gasteiger partial charge on any atom is -0.389 e. The molecule has 0 bridgehead atoms. The van der Waals surface area contributed by atoms with Gasteiger partial charge in [-0.15, -0.1) is 11.6 Å². The second-order valence-corrected chi connectivity index (χ2v) is 10.1. The molecule has 1 aliphatic carbocycles. The van der Waals surface area contributed by atoms with E-state index < -0.39 is 29.3 Å². The van der Waals surface area contributed by atoms with E-state index in [2.05, 4.69) is 15.3 Å². The van der Waals surface area contributed by atoms with Crippen molar-refractivity contribution < 1.29 is 27.8 Å². The fourth-order valence-electron chi connectivity index (χ4n) is 5.05. The van der Waals surface area contributed by atoms with Gasteiger partial charge in [-0.3, -0.25) is 9.69 Å². The molecule has 200 valence electrons. The van der Waals surface area contributed by atoms with Crippen molar-refractivity contribution in [1.29, 1.82) is 0 Å². The number of carbonyl (C=O) groups is 1. The normalized spacial score (nSPS) is 23.8. The highest BCUT2D eigenvalue weighted by Gasteiger charge is 2.37. The van der Waals surface area contributed by atoms with Gasteiger partial charge in [0.25, 0.3) is 0 Å². The Balaban J connectivity index is 1.32. The number of ether oxygens (including phenoxy) is 1. The molecule has 2 aliphatic heterocycles. The second-order valence-electron chi connectivity index (χ2n) is 9.54. The Bertz CT molecular complexity index is 1110. The Morgan fingerprint density at radius 2 is 1.92 bits per heavy atom. The zero-order valence-corrected chi connectivity index (χ0v) is 20.8. The number of carbonyl (C=O) groups excluding carboxylic acids is 1. The van der Waals surface area contributed by atoms with Crippen molar-refractivity contribution in [2.45, 2.75) is 42.5 Å². The van der Waals surface area contributed by atoms with Crippen LogP contribution in [0.5, 0.6) is 0 Å². The Kier molecular flexibility index (Phi) is 7.53. The average molecular weight is 541 g/mol. The van der Waals surface area contributed by atoms with Gasteiger partial charge in [-0.05, 0) is 24.5 Å². The Morgan fingerprint density at radius 1 is 1.22 bits per heavy atom. The van der Waals surface area contributed by atoms with Crippen LogP contribution < -0.4 is 10.2 Å². The topological polar surface area (TPSA) is 104 Å². The van der Waals surface area contributed by atoms with Crippen molar-refractivity contribution >= 4 is 23.3 Å². The highest BCUT2D eigenvalue weighted by molar-refractivity contribution is 6.23. The number of hydrogen-bond donors (Lipinski definition) is 2. The van der Waals surface area contributed by atoms with Crippen LogP contribution in [0, 0.1) is 0 Å². The van der Waals surface area contributed by atoms with Crippen molar-refractivity contribution in [2.24, 2.45) is 0 Å². The zero-order valence-electron chi connectivity index (χ0n) is 20.0. The summed E-state index contributed by atoms with van der Waals surface area (Å²) in [6, 6.07) is 3.30. The molecule has 0 radical (unpaired) electrons. The van der Waals surface area contributed by atoms with E-state index in [4.69, 9.17) is 21.3 Å². The lowest BCUT2D eigenvalue weighted by atomic mass is 9.84. The van der Waals surface area contributed by atoms with Gasteiger partial charge in [-0.25, -0.2) is 15.0 Å². The number of morpholine rings is 1. The summed E-state index contributed by atoms with van der Waals surface area (Å²) in [5, 5.41) is 12.1. The van der Waals surface area contributed by atoms with Crippen LogP contribution in [0.2, 0.25) is 0 Å². The first-order valence-corrected chi connectivity index (χ1v) is 12.7. The van der Waals surface area contributed by atoms with E-state index in [-0.39, 0.29) is 18.6 Å². The number of nitrogens with zero attached hydrogens (tertiary/aromatic N) is 5. The van der Waals surface area contributed by atoms with Gasteiger partial charge in [0.2, 0.25) is 11.7 Å². The maximum atomic E-state index is 13.4. The summed E-state index contributed by atoms with van der Waals surface area (Å²) in [5.74, 6) is -1.31. The quantitative estimate of drug-likeness (QED) is 0.536. The number of alkyl halides is 4. The van der Waals surface area contributed by atoms with Gasteiger partial charge in [0.15, 0.2) is 0 Å². The molecular weight excluding hydrogens is 513 g/mol. The highest BCUT2D eigenvalue weighted by Crippen LogP contribution is 2.36. The Labute approximate surface area is 217 Å². The summed E-state index contributed by atoms with van der Waals surface area (Å²) in [4.78, 5) is 29.2. The summed E-state index contributed by atoms with van der Waals surface area (Å²) in [6.07, 6.45) is -1.41. The number of rotatable bonds is 6. The number of hydrogen-bond acceptors (Lipinski definition) is 8. The third-order valence-electron chi connectivity index (χ3n) is 7.08. The Morgan fingerprint density at radius 3 is 2.57 bits per heavy atom. The largest absolute Gasteiger partial charge is 0.451 e. The SMILES string of the molecule is O=C(NCC(c1cnc(C(F)(F)F)nc1)N1CCOCC1)C1c2ccc(N3CC(O)C3)nc2CCC1Cl. The van der Waals surface area contributed by atoms with Gasteiger partial charge in [-0.1, -0.05) is 6.07 Å². The Hall–Kier alpha value is -2.54. The minimum absolute atomic E-state index is 0.153. The monoisotopic (exact) mass is 540 g/mol. The van der Waals surface area contributed by atoms with Gasteiger partial charge >= 0.3 is 6.18 Å². The number of amides is 1. The number of aliphatic hydroxyl groups excluding tert-OH is 1. The summed E-state index contributed by atoms with van der Waals surface area (Å²) in [5.41, 5.74) is 2.07. The molecular formula is C24H28ClF3N6O3. The molecule has 1 amide bonds. The number of fused-ring (bicyclic) bond motifs is 1. The second kappa shape index (κ2) is 10.7. The molecule has 3 unspecified atom stereocenters. The molecule has 13 heteroatoms. The standard InChI is InChI=1S/C24H28ClF3N6O3/c25-17-2-3-18-16(1-4-20(32-18)34-12-15(35)13-34)21(17)22(36)29-11-19(33-5-7-37-8-6-33)14-9-30-23(31-10-14)24(26,27)28/h1,4,9-10,15,17,19,21,35H,2-3,5-8,11-13H2,(H,29,36). The molecule has 37 heavy (non-hydrogen) atoms. The predicted molar refractivity (Wildman–Crippen MR) is 128 cm³/mol. The van der Waals surface area contributed by atoms with Gasteiger partial charge < -0.3 is 20.1 Å². The van der Waals surface area contributed by atoms with E-state index in [0.29, 0.717) is 57.8 Å². The molecule has 0 saturated carbocycles. The predicted octanol–water partition coefficient (Wildman–Crippen LogP) is 1.90. The summed E-state index contributed by atoms with van der Waals surface area (Å²) in [6.45, 7) is 3.30. The molecule has 3 atom stereocenters. The van der Waals surface area contributed by atoms with Crippen LogP contribution in [0.15, 0.2) is 24.5 Å². The number of pyridine rings is 1. The lowest BCUT2D eigenvalue weighted by molar-refractivity contribution is -0.145. The molecule has 3 aliphatic rings. The molecule has 0 spiro atoms. The lowest BCUT2D eigenvalue weighted by Crippen LogP contribution is -2.51. The van der Waals surface area contributed by atoms with Crippen molar-refractivity contribution in [3.05, 3.63) is 47.2 Å². The van der Waals surface area contributed by atoms with Crippen LogP contribution in [0.1, 0.15) is 41.0 Å². The number of halogens is 4. The molecule has 0 aromatic carbocycles. The van der Waals surface area contributed by atoms with Gasteiger partial charge in [-0.2, -0.15) is 13.2 Å². The van der Waals surface area contributed by atoms with Crippen molar-refractivity contribution in [3.8, 4) is 0 Å². The van der Waals surface area contributed by atoms with Crippen molar-refractivity contribution in [1.82, 2.24) is 25.2 Å². The third kappa shape index (κ3) is 5.66. The van der Waals surface area contributed by atoms with E-state index in [1.807, 2.05) is 21.9 Å². The van der Waals surface area contributed by atoms with Gasteiger partial charge in [0, 0.05) is 61.8 Å². The first-order valence-electron chi connectivity index (χ1n) is 12.3. The molecule has 2 saturated heterocycles. The van der Waals surface area contributed by atoms with Crippen LogP contribution in [0.3, 0.4) is 0 Å². The van der Waals surface area contributed by atoms with Crippen LogP contribution in [0.25, 0.3) is 0 Å². The lowest BCUT2D eigenvalue weighted by Gasteiger charge is -2.38. The van der Waals surface area contributed by atoms with Crippen LogP contribution in [0.4, 0.5) is 19.0 Å². The van der Waals surface area contributed by atoms with Crippen LogP contribution >= 0.6 is 11.6 Å². The van der Waals surface area contributed by atoms with Crippen molar-refractivity contribution in [2.75, 3.05) is 50.8 Å². The maximum Gasteiger partial charge on any atom is 0.451 e. The average Bonchev–Trinajstić information content (AvgIpc) is 2.87.